The molecule has 1 aromatic carbocycles. The van der Waals surface area contributed by atoms with Gasteiger partial charge in [-0.05, 0) is 37.5 Å². The molecule has 1 aliphatic carbocycles. The largest absolute Gasteiger partial charge is 0.481 e. The molecule has 1 aromatic rings. The molecular formula is C21H26N4O5. The van der Waals surface area contributed by atoms with Crippen LogP contribution in [0.3, 0.4) is 0 Å². The molecule has 0 bridgehead atoms. The van der Waals surface area contributed by atoms with Gasteiger partial charge in [0.2, 0.25) is 11.9 Å². The second kappa shape index (κ2) is 8.33. The first kappa shape index (κ1) is 20.2. The number of fused-ring (bicyclic) bond motifs is 2. The van der Waals surface area contributed by atoms with Gasteiger partial charge in [0.05, 0.1) is 12.1 Å². The van der Waals surface area contributed by atoms with Crippen molar-refractivity contribution in [3.8, 4) is 5.75 Å². The van der Waals surface area contributed by atoms with Gasteiger partial charge in [0.15, 0.2) is 6.10 Å². The summed E-state index contributed by atoms with van der Waals surface area (Å²) in [6.07, 6.45) is 3.59. The van der Waals surface area contributed by atoms with Crippen molar-refractivity contribution in [1.29, 1.82) is 0 Å². The normalized spacial score (nSPS) is 19.3. The van der Waals surface area contributed by atoms with E-state index < -0.39 is 24.4 Å². The number of hydrogen-bond donors (Lipinski definition) is 3. The molecule has 160 valence electrons. The molecule has 3 aliphatic rings. The lowest BCUT2D eigenvalue weighted by Crippen LogP contribution is -2.45. The molecule has 30 heavy (non-hydrogen) atoms. The summed E-state index contributed by atoms with van der Waals surface area (Å²) in [5.74, 6) is -0.593. The molecule has 3 N–H and O–H groups in total. The van der Waals surface area contributed by atoms with Crippen molar-refractivity contribution in [2.75, 3.05) is 6.54 Å². The molecule has 0 aromatic heterocycles. The Hall–Kier alpha value is -3.10. The number of benzene rings is 1. The molecule has 0 spiro atoms. The van der Waals surface area contributed by atoms with E-state index in [0.717, 1.165) is 48.9 Å². The van der Waals surface area contributed by atoms with Crippen LogP contribution in [-0.4, -0.2) is 52.4 Å². The van der Waals surface area contributed by atoms with Gasteiger partial charge in [-0.1, -0.05) is 19.3 Å². The zero-order valence-corrected chi connectivity index (χ0v) is 16.9. The van der Waals surface area contributed by atoms with Gasteiger partial charge in [0, 0.05) is 18.2 Å². The first-order valence-electron chi connectivity index (χ1n) is 10.4. The Balaban J connectivity index is 1.52. The smallest absolute Gasteiger partial charge is 0.307 e. The third-order valence-corrected chi connectivity index (χ3v) is 5.86. The van der Waals surface area contributed by atoms with Crippen LogP contribution >= 0.6 is 0 Å². The summed E-state index contributed by atoms with van der Waals surface area (Å²) in [5.41, 5.74) is 2.42. The van der Waals surface area contributed by atoms with Crippen molar-refractivity contribution in [2.45, 2.75) is 64.1 Å². The van der Waals surface area contributed by atoms with E-state index >= 15 is 0 Å². The number of hydrogen-bond acceptors (Lipinski definition) is 6. The number of nitrogens with one attached hydrogen (secondary N) is 2. The Labute approximate surface area is 174 Å². The summed E-state index contributed by atoms with van der Waals surface area (Å²) in [6, 6.07) is 3.54. The lowest BCUT2D eigenvalue weighted by atomic mass is 9.95. The number of guanidine groups is 1. The van der Waals surface area contributed by atoms with Gasteiger partial charge in [-0.3, -0.25) is 19.7 Å². The molecular weight excluding hydrogens is 388 g/mol. The van der Waals surface area contributed by atoms with Crippen molar-refractivity contribution < 1.29 is 24.2 Å². The van der Waals surface area contributed by atoms with E-state index in [1.807, 2.05) is 11.8 Å². The van der Waals surface area contributed by atoms with Crippen LogP contribution in [0.25, 0.3) is 0 Å². The van der Waals surface area contributed by atoms with Crippen LogP contribution in [0.4, 0.5) is 5.69 Å². The van der Waals surface area contributed by atoms with Gasteiger partial charge in [0.1, 0.15) is 12.3 Å². The molecule has 0 radical (unpaired) electrons. The van der Waals surface area contributed by atoms with Crippen LogP contribution in [0, 0.1) is 6.92 Å². The van der Waals surface area contributed by atoms with Crippen LogP contribution in [0.1, 0.15) is 49.7 Å². The van der Waals surface area contributed by atoms with Gasteiger partial charge in [-0.25, -0.2) is 4.99 Å². The van der Waals surface area contributed by atoms with E-state index in [9.17, 15) is 19.5 Å². The third kappa shape index (κ3) is 4.24. The predicted octanol–water partition coefficient (Wildman–Crippen LogP) is 1.60. The highest BCUT2D eigenvalue weighted by atomic mass is 16.5. The SMILES string of the molecule is Cc1c(OC(CC(=O)O)C(=O)NC2CCCCC2)ccc2c1CN1CC(=O)NC1=N2. The van der Waals surface area contributed by atoms with Gasteiger partial charge >= 0.3 is 5.97 Å². The van der Waals surface area contributed by atoms with Gasteiger partial charge < -0.3 is 20.1 Å². The van der Waals surface area contributed by atoms with Crippen molar-refractivity contribution in [2.24, 2.45) is 4.99 Å². The maximum Gasteiger partial charge on any atom is 0.307 e. The second-order valence-electron chi connectivity index (χ2n) is 8.07. The van der Waals surface area contributed by atoms with Gasteiger partial charge in [0.25, 0.3) is 5.91 Å². The van der Waals surface area contributed by atoms with Crippen LogP contribution < -0.4 is 15.4 Å². The van der Waals surface area contributed by atoms with Gasteiger partial charge in [-0.2, -0.15) is 0 Å². The number of carbonyl (C=O) groups excluding carboxylic acids is 2. The Morgan fingerprint density at radius 3 is 2.80 bits per heavy atom. The van der Waals surface area contributed by atoms with Crippen molar-refractivity contribution in [3.63, 3.8) is 0 Å². The Kier molecular flexibility index (Phi) is 5.61. The average molecular weight is 414 g/mol. The minimum absolute atomic E-state index is 0.0729. The fraction of sp³-hybridized carbons (Fsp3) is 0.524. The predicted molar refractivity (Wildman–Crippen MR) is 109 cm³/mol. The summed E-state index contributed by atoms with van der Waals surface area (Å²) in [6.45, 7) is 2.60. The Morgan fingerprint density at radius 2 is 2.07 bits per heavy atom. The van der Waals surface area contributed by atoms with Crippen LogP contribution in [0.5, 0.6) is 5.75 Å². The molecule has 1 atom stereocenters. The lowest BCUT2D eigenvalue weighted by Gasteiger charge is -2.27. The molecule has 2 heterocycles. The van der Waals surface area contributed by atoms with Crippen molar-refractivity contribution in [1.82, 2.24) is 15.5 Å². The maximum absolute atomic E-state index is 12.8. The topological polar surface area (TPSA) is 120 Å². The van der Waals surface area contributed by atoms with Crippen molar-refractivity contribution >= 4 is 29.4 Å². The molecule has 1 unspecified atom stereocenters. The summed E-state index contributed by atoms with van der Waals surface area (Å²) in [4.78, 5) is 42.1. The molecule has 1 saturated carbocycles. The number of carbonyl (C=O) groups is 3. The number of aliphatic carboxylic acids is 1. The number of nitrogens with zero attached hydrogens (tertiary/aromatic N) is 2. The second-order valence-corrected chi connectivity index (χ2v) is 8.07. The highest BCUT2D eigenvalue weighted by Gasteiger charge is 2.32. The Bertz CT molecular complexity index is 907. The first-order valence-corrected chi connectivity index (χ1v) is 10.4. The molecule has 4 rings (SSSR count). The molecule has 9 nitrogen and oxygen atoms in total. The summed E-state index contributed by atoms with van der Waals surface area (Å²) < 4.78 is 5.92. The number of carboxylic acid groups (broad SMARTS) is 1. The van der Waals surface area contributed by atoms with E-state index in [-0.39, 0.29) is 18.5 Å². The van der Waals surface area contributed by atoms with E-state index in [1.165, 1.54) is 0 Å². The van der Waals surface area contributed by atoms with E-state index in [4.69, 9.17) is 4.74 Å². The average Bonchev–Trinajstić information content (AvgIpc) is 3.07. The molecule has 2 aliphatic heterocycles. The van der Waals surface area contributed by atoms with Gasteiger partial charge in [-0.15, -0.1) is 0 Å². The molecule has 1 saturated heterocycles. The number of carboxylic acids is 1. The molecule has 9 heteroatoms. The lowest BCUT2D eigenvalue weighted by molar-refractivity contribution is -0.143. The standard InChI is InChI=1S/C21H26N4O5/c1-12-14-10-25-11-18(26)24-21(25)23-15(14)7-8-16(12)30-17(9-19(27)28)20(29)22-13-5-3-2-4-6-13/h7-8,13,17H,2-6,9-11H2,1H3,(H,22,29)(H,27,28)(H,23,24,26). The van der Waals surface area contributed by atoms with Crippen molar-refractivity contribution in [3.05, 3.63) is 23.3 Å². The summed E-state index contributed by atoms with van der Waals surface area (Å²) >= 11 is 0. The highest BCUT2D eigenvalue weighted by Crippen LogP contribution is 2.35. The van der Waals surface area contributed by atoms with E-state index in [0.29, 0.717) is 18.3 Å². The third-order valence-electron chi connectivity index (χ3n) is 5.86. The maximum atomic E-state index is 12.8. The van der Waals surface area contributed by atoms with Crippen LogP contribution in [0.2, 0.25) is 0 Å². The number of ether oxygens (including phenoxy) is 1. The van der Waals surface area contributed by atoms with E-state index in [1.54, 1.807) is 12.1 Å². The van der Waals surface area contributed by atoms with E-state index in [2.05, 4.69) is 15.6 Å². The first-order chi connectivity index (χ1) is 14.4. The fourth-order valence-corrected chi connectivity index (χ4v) is 4.22. The van der Waals surface area contributed by atoms with Crippen LogP contribution in [-0.2, 0) is 20.9 Å². The minimum Gasteiger partial charge on any atom is -0.481 e. The molecule has 2 amide bonds. The quantitative estimate of drug-likeness (QED) is 0.650. The summed E-state index contributed by atoms with van der Waals surface area (Å²) in [5, 5.41) is 15.0. The number of aliphatic imine (C=N–C) groups is 1. The Morgan fingerprint density at radius 1 is 1.30 bits per heavy atom. The fourth-order valence-electron chi connectivity index (χ4n) is 4.22. The van der Waals surface area contributed by atoms with Crippen LogP contribution in [0.15, 0.2) is 17.1 Å². The number of rotatable bonds is 6. The minimum atomic E-state index is -1.11. The molecule has 2 fully saturated rings. The monoisotopic (exact) mass is 414 g/mol. The highest BCUT2D eigenvalue weighted by molar-refractivity contribution is 6.05. The summed E-state index contributed by atoms with van der Waals surface area (Å²) in [7, 11) is 0. The zero-order valence-electron chi connectivity index (χ0n) is 16.9. The zero-order chi connectivity index (χ0) is 21.3. The number of amides is 2.